The van der Waals surface area contributed by atoms with Crippen LogP contribution in [0.3, 0.4) is 0 Å². The fraction of sp³-hybridized carbons (Fsp3) is 0.364. The van der Waals surface area contributed by atoms with Crippen molar-refractivity contribution < 1.29 is 18.4 Å². The Morgan fingerprint density at radius 3 is 2.00 bits per heavy atom. The number of nitrogens with zero attached hydrogens (tertiary/aromatic N) is 2. The third-order valence-electron chi connectivity index (χ3n) is 4.77. The summed E-state index contributed by atoms with van der Waals surface area (Å²) in [7, 11) is 0. The number of benzene rings is 2. The van der Waals surface area contributed by atoms with E-state index in [9.17, 15) is 18.4 Å². The molecule has 2 amide bonds. The second-order valence-corrected chi connectivity index (χ2v) is 6.53. The Hall–Kier alpha value is -2.80. The van der Waals surface area contributed by atoms with Crippen molar-refractivity contribution in [1.29, 1.82) is 0 Å². The van der Waals surface area contributed by atoms with Gasteiger partial charge in [-0.3, -0.25) is 14.5 Å². The summed E-state index contributed by atoms with van der Waals surface area (Å²) >= 11 is 0. The van der Waals surface area contributed by atoms with Gasteiger partial charge in [0.2, 0.25) is 11.8 Å². The largest absolute Gasteiger partial charge is 0.342 e. The standard InChI is InChI=1S/C22H27F2N3O2/c1-4-26(5-2)22(29)21(16-11-8-7-9-12-16)27(6-3)15-19(28)25-20-17(23)13-10-14-18(20)24/h7-14,21H,4-6,15H2,1-3H3,(H,25,28). The van der Waals surface area contributed by atoms with Gasteiger partial charge in [-0.05, 0) is 38.1 Å². The van der Waals surface area contributed by atoms with Crippen LogP contribution in [0.15, 0.2) is 48.5 Å². The Morgan fingerprint density at radius 1 is 0.897 bits per heavy atom. The third-order valence-corrected chi connectivity index (χ3v) is 4.77. The average molecular weight is 403 g/mol. The monoisotopic (exact) mass is 403 g/mol. The van der Waals surface area contributed by atoms with E-state index in [1.54, 1.807) is 9.80 Å². The first kappa shape index (κ1) is 22.5. The molecule has 156 valence electrons. The fourth-order valence-electron chi connectivity index (χ4n) is 3.22. The topological polar surface area (TPSA) is 52.7 Å². The lowest BCUT2D eigenvalue weighted by atomic mass is 10.0. The van der Waals surface area contributed by atoms with Gasteiger partial charge in [-0.15, -0.1) is 0 Å². The van der Waals surface area contributed by atoms with Gasteiger partial charge in [0.05, 0.1) is 6.54 Å². The molecule has 0 saturated carbocycles. The summed E-state index contributed by atoms with van der Waals surface area (Å²) in [6.07, 6.45) is 0. The lowest BCUT2D eigenvalue weighted by Crippen LogP contribution is -2.45. The van der Waals surface area contributed by atoms with Gasteiger partial charge < -0.3 is 10.2 Å². The number of carbonyl (C=O) groups excluding carboxylic acids is 2. The number of hydrogen-bond acceptors (Lipinski definition) is 3. The van der Waals surface area contributed by atoms with E-state index in [0.29, 0.717) is 19.6 Å². The molecule has 0 fully saturated rings. The molecule has 1 unspecified atom stereocenters. The summed E-state index contributed by atoms with van der Waals surface area (Å²) in [4.78, 5) is 29.1. The van der Waals surface area contributed by atoms with Crippen LogP contribution >= 0.6 is 0 Å². The molecule has 0 bridgehead atoms. The van der Waals surface area contributed by atoms with Crippen LogP contribution in [-0.4, -0.2) is 47.8 Å². The maximum absolute atomic E-state index is 13.9. The van der Waals surface area contributed by atoms with Gasteiger partial charge in [0.25, 0.3) is 0 Å². The van der Waals surface area contributed by atoms with E-state index in [4.69, 9.17) is 0 Å². The lowest BCUT2D eigenvalue weighted by molar-refractivity contribution is -0.137. The number of para-hydroxylation sites is 1. The van der Waals surface area contributed by atoms with E-state index in [0.717, 1.165) is 17.7 Å². The molecule has 29 heavy (non-hydrogen) atoms. The SMILES string of the molecule is CCN(CC)C(=O)C(c1ccccc1)N(CC)CC(=O)Nc1c(F)cccc1F. The highest BCUT2D eigenvalue weighted by Crippen LogP contribution is 2.24. The van der Waals surface area contributed by atoms with Crippen molar-refractivity contribution in [2.45, 2.75) is 26.8 Å². The highest BCUT2D eigenvalue weighted by molar-refractivity contribution is 5.93. The molecule has 2 aromatic carbocycles. The minimum atomic E-state index is -0.847. The first-order valence-corrected chi connectivity index (χ1v) is 9.74. The van der Waals surface area contributed by atoms with Crippen molar-refractivity contribution >= 4 is 17.5 Å². The van der Waals surface area contributed by atoms with Crippen molar-refractivity contribution in [3.63, 3.8) is 0 Å². The highest BCUT2D eigenvalue weighted by atomic mass is 19.1. The number of carbonyl (C=O) groups is 2. The minimum Gasteiger partial charge on any atom is -0.342 e. The highest BCUT2D eigenvalue weighted by Gasteiger charge is 2.31. The van der Waals surface area contributed by atoms with E-state index >= 15 is 0 Å². The summed E-state index contributed by atoms with van der Waals surface area (Å²) < 4.78 is 27.7. The van der Waals surface area contributed by atoms with Crippen molar-refractivity contribution in [3.05, 3.63) is 65.7 Å². The van der Waals surface area contributed by atoms with Gasteiger partial charge in [-0.1, -0.05) is 43.3 Å². The van der Waals surface area contributed by atoms with Crippen LogP contribution in [0.5, 0.6) is 0 Å². The van der Waals surface area contributed by atoms with Gasteiger partial charge in [0.15, 0.2) is 0 Å². The molecule has 0 aliphatic heterocycles. The number of amides is 2. The number of rotatable bonds is 9. The number of anilines is 1. The Balaban J connectivity index is 2.28. The molecular formula is C22H27F2N3O2. The van der Waals surface area contributed by atoms with Gasteiger partial charge in [-0.2, -0.15) is 0 Å². The second kappa shape index (κ2) is 10.7. The Kier molecular flexibility index (Phi) is 8.27. The predicted molar refractivity (Wildman–Crippen MR) is 109 cm³/mol. The predicted octanol–water partition coefficient (Wildman–Crippen LogP) is 3.83. The van der Waals surface area contributed by atoms with Crippen molar-refractivity contribution in [2.24, 2.45) is 0 Å². The zero-order chi connectivity index (χ0) is 21.4. The van der Waals surface area contributed by atoms with Crippen molar-refractivity contribution in [3.8, 4) is 0 Å². The molecule has 2 aromatic rings. The summed E-state index contributed by atoms with van der Waals surface area (Å²) in [5.74, 6) is -2.41. The fourth-order valence-corrected chi connectivity index (χ4v) is 3.22. The van der Waals surface area contributed by atoms with Crippen LogP contribution in [0.2, 0.25) is 0 Å². The Morgan fingerprint density at radius 2 is 1.48 bits per heavy atom. The normalized spacial score (nSPS) is 11.9. The Bertz CT molecular complexity index is 806. The molecule has 5 nitrogen and oxygen atoms in total. The molecule has 0 saturated heterocycles. The summed E-state index contributed by atoms with van der Waals surface area (Å²) in [5.41, 5.74) is 0.274. The smallest absolute Gasteiger partial charge is 0.244 e. The zero-order valence-corrected chi connectivity index (χ0v) is 17.0. The van der Waals surface area contributed by atoms with Crippen LogP contribution in [0.4, 0.5) is 14.5 Å². The first-order valence-electron chi connectivity index (χ1n) is 9.74. The molecular weight excluding hydrogens is 376 g/mol. The van der Waals surface area contributed by atoms with Crippen LogP contribution in [0, 0.1) is 11.6 Å². The zero-order valence-electron chi connectivity index (χ0n) is 17.0. The van der Waals surface area contributed by atoms with Crippen molar-refractivity contribution in [1.82, 2.24) is 9.80 Å². The molecule has 0 aromatic heterocycles. The maximum Gasteiger partial charge on any atom is 0.244 e. The van der Waals surface area contributed by atoms with Crippen LogP contribution in [-0.2, 0) is 9.59 Å². The second-order valence-electron chi connectivity index (χ2n) is 6.53. The number of halogens is 2. The first-order chi connectivity index (χ1) is 13.9. The Labute approximate surface area is 170 Å². The molecule has 0 aliphatic rings. The lowest BCUT2D eigenvalue weighted by Gasteiger charge is -2.33. The molecule has 1 N–H and O–H groups in total. The molecule has 0 spiro atoms. The molecule has 0 radical (unpaired) electrons. The number of nitrogens with one attached hydrogen (secondary N) is 1. The van der Waals surface area contributed by atoms with Crippen molar-refractivity contribution in [2.75, 3.05) is 31.5 Å². The number of hydrogen-bond donors (Lipinski definition) is 1. The minimum absolute atomic E-state index is 0.118. The molecule has 7 heteroatoms. The van der Waals surface area contributed by atoms with Gasteiger partial charge in [-0.25, -0.2) is 8.78 Å². The summed E-state index contributed by atoms with van der Waals surface area (Å²) in [5, 5.41) is 2.29. The van der Waals surface area contributed by atoms with Gasteiger partial charge >= 0.3 is 0 Å². The van der Waals surface area contributed by atoms with E-state index < -0.39 is 29.3 Å². The van der Waals surface area contributed by atoms with E-state index in [-0.39, 0.29) is 12.5 Å². The van der Waals surface area contributed by atoms with Gasteiger partial charge in [0.1, 0.15) is 23.4 Å². The van der Waals surface area contributed by atoms with E-state index in [1.807, 2.05) is 51.1 Å². The molecule has 1 atom stereocenters. The molecule has 2 rings (SSSR count). The quantitative estimate of drug-likeness (QED) is 0.692. The van der Waals surface area contributed by atoms with Crippen LogP contribution < -0.4 is 5.32 Å². The summed E-state index contributed by atoms with van der Waals surface area (Å²) in [6, 6.07) is 11.9. The summed E-state index contributed by atoms with van der Waals surface area (Å²) in [6.45, 7) is 6.94. The van der Waals surface area contributed by atoms with E-state index in [2.05, 4.69) is 5.32 Å². The van der Waals surface area contributed by atoms with Crippen LogP contribution in [0.25, 0.3) is 0 Å². The molecule has 0 aliphatic carbocycles. The van der Waals surface area contributed by atoms with Crippen LogP contribution in [0.1, 0.15) is 32.4 Å². The maximum atomic E-state index is 13.9. The third kappa shape index (κ3) is 5.60. The number of likely N-dealkylation sites (N-methyl/N-ethyl adjacent to an activating group) is 2. The van der Waals surface area contributed by atoms with E-state index in [1.165, 1.54) is 6.07 Å². The van der Waals surface area contributed by atoms with Gasteiger partial charge in [0, 0.05) is 13.1 Å². The average Bonchev–Trinajstić information content (AvgIpc) is 2.72. The molecule has 0 heterocycles.